The molecule has 0 saturated heterocycles. The van der Waals surface area contributed by atoms with Gasteiger partial charge in [0.15, 0.2) is 23.1 Å². The second kappa shape index (κ2) is 10.1. The number of amides is 1. The highest BCUT2D eigenvalue weighted by atomic mass is 35.5. The first-order valence-electron chi connectivity index (χ1n) is 11.8. The summed E-state index contributed by atoms with van der Waals surface area (Å²) in [6.07, 6.45) is 5.32. The van der Waals surface area contributed by atoms with Crippen molar-refractivity contribution in [1.29, 1.82) is 0 Å². The van der Waals surface area contributed by atoms with Crippen molar-refractivity contribution in [3.63, 3.8) is 0 Å². The SMILES string of the molecule is O=C(NC1CCCCCC1)Oc1cc2c(cc1F)OC(c1ccc(F)cc1)(c1ccc(Cl)cc1Cl)O2. The smallest absolute Gasteiger partial charge is 0.412 e. The molecular formula is C27H23Cl2F2NO4. The van der Waals surface area contributed by atoms with E-state index in [1.54, 1.807) is 12.1 Å². The third-order valence-electron chi connectivity index (χ3n) is 6.40. The minimum absolute atomic E-state index is 0.00440. The highest BCUT2D eigenvalue weighted by Crippen LogP contribution is 2.51. The number of fused-ring (bicyclic) bond motifs is 1. The van der Waals surface area contributed by atoms with Gasteiger partial charge in [0, 0.05) is 28.8 Å². The Labute approximate surface area is 217 Å². The Morgan fingerprint density at radius 2 is 1.58 bits per heavy atom. The van der Waals surface area contributed by atoms with Crippen LogP contribution in [0, 0.1) is 11.6 Å². The third-order valence-corrected chi connectivity index (χ3v) is 6.94. The molecule has 3 aromatic carbocycles. The molecule has 0 aromatic heterocycles. The lowest BCUT2D eigenvalue weighted by atomic mass is 9.97. The van der Waals surface area contributed by atoms with Crippen LogP contribution in [0.4, 0.5) is 13.6 Å². The number of benzene rings is 3. The van der Waals surface area contributed by atoms with Crippen molar-refractivity contribution in [2.45, 2.75) is 50.4 Å². The maximum Gasteiger partial charge on any atom is 0.412 e. The minimum Gasteiger partial charge on any atom is -0.440 e. The zero-order chi connectivity index (χ0) is 25.3. The van der Waals surface area contributed by atoms with Gasteiger partial charge in [-0.1, -0.05) is 48.9 Å². The van der Waals surface area contributed by atoms with Crippen LogP contribution in [-0.4, -0.2) is 12.1 Å². The predicted octanol–water partition coefficient (Wildman–Crippen LogP) is 7.76. The molecule has 1 aliphatic heterocycles. The van der Waals surface area contributed by atoms with Crippen LogP contribution in [0.5, 0.6) is 17.2 Å². The molecule has 9 heteroatoms. The van der Waals surface area contributed by atoms with E-state index in [1.165, 1.54) is 36.4 Å². The molecule has 5 nitrogen and oxygen atoms in total. The summed E-state index contributed by atoms with van der Waals surface area (Å²) >= 11 is 12.6. The molecule has 0 spiro atoms. The molecule has 36 heavy (non-hydrogen) atoms. The monoisotopic (exact) mass is 533 g/mol. The van der Waals surface area contributed by atoms with Gasteiger partial charge in [-0.25, -0.2) is 13.6 Å². The van der Waals surface area contributed by atoms with E-state index in [4.69, 9.17) is 37.4 Å². The molecule has 2 aliphatic rings. The second-order valence-corrected chi connectivity index (χ2v) is 9.75. The molecule has 1 aliphatic carbocycles. The van der Waals surface area contributed by atoms with Gasteiger partial charge < -0.3 is 19.5 Å². The van der Waals surface area contributed by atoms with Crippen LogP contribution < -0.4 is 19.5 Å². The van der Waals surface area contributed by atoms with E-state index in [2.05, 4.69) is 5.32 Å². The van der Waals surface area contributed by atoms with Gasteiger partial charge in [0.2, 0.25) is 0 Å². The topological polar surface area (TPSA) is 56.8 Å². The highest BCUT2D eigenvalue weighted by molar-refractivity contribution is 6.35. The Morgan fingerprint density at radius 3 is 2.25 bits per heavy atom. The summed E-state index contributed by atoms with van der Waals surface area (Å²) in [6, 6.07) is 12.6. The average molecular weight is 534 g/mol. The molecule has 0 bridgehead atoms. The number of rotatable bonds is 4. The van der Waals surface area contributed by atoms with Crippen LogP contribution in [-0.2, 0) is 5.79 Å². The number of hydrogen-bond acceptors (Lipinski definition) is 4. The second-order valence-electron chi connectivity index (χ2n) is 8.90. The number of nitrogens with one attached hydrogen (secondary N) is 1. The molecule has 1 amide bonds. The molecule has 1 fully saturated rings. The molecule has 1 N–H and O–H groups in total. The Morgan fingerprint density at radius 1 is 0.917 bits per heavy atom. The first kappa shape index (κ1) is 24.7. The Balaban J connectivity index is 1.45. The lowest BCUT2D eigenvalue weighted by Crippen LogP contribution is -2.37. The van der Waals surface area contributed by atoms with Gasteiger partial charge in [0.1, 0.15) is 5.82 Å². The van der Waals surface area contributed by atoms with Gasteiger partial charge in [-0.2, -0.15) is 0 Å². The van der Waals surface area contributed by atoms with Crippen molar-refractivity contribution in [1.82, 2.24) is 5.32 Å². The lowest BCUT2D eigenvalue weighted by molar-refractivity contribution is -0.0459. The molecule has 1 heterocycles. The van der Waals surface area contributed by atoms with E-state index in [0.717, 1.165) is 44.6 Å². The molecule has 0 radical (unpaired) electrons. The van der Waals surface area contributed by atoms with Crippen molar-refractivity contribution >= 4 is 29.3 Å². The minimum atomic E-state index is -1.65. The summed E-state index contributed by atoms with van der Waals surface area (Å²) in [5, 5.41) is 3.46. The fourth-order valence-electron chi connectivity index (χ4n) is 4.61. The quantitative estimate of drug-likeness (QED) is 0.348. The Hall–Kier alpha value is -3.03. The van der Waals surface area contributed by atoms with E-state index in [9.17, 15) is 13.6 Å². The van der Waals surface area contributed by atoms with E-state index in [-0.39, 0.29) is 28.3 Å². The highest BCUT2D eigenvalue weighted by Gasteiger charge is 2.47. The summed E-state index contributed by atoms with van der Waals surface area (Å²) in [6.45, 7) is 0. The molecule has 1 saturated carbocycles. The fourth-order valence-corrected chi connectivity index (χ4v) is 5.15. The molecular weight excluding hydrogens is 511 g/mol. The largest absolute Gasteiger partial charge is 0.440 e. The van der Waals surface area contributed by atoms with Crippen molar-refractivity contribution in [2.24, 2.45) is 0 Å². The van der Waals surface area contributed by atoms with Gasteiger partial charge in [-0.05, 0) is 55.3 Å². The van der Waals surface area contributed by atoms with Gasteiger partial charge in [-0.15, -0.1) is 0 Å². The van der Waals surface area contributed by atoms with Crippen LogP contribution in [0.1, 0.15) is 49.7 Å². The molecule has 3 aromatic rings. The van der Waals surface area contributed by atoms with Gasteiger partial charge in [0.05, 0.1) is 10.6 Å². The van der Waals surface area contributed by atoms with E-state index in [0.29, 0.717) is 16.1 Å². The first-order valence-corrected chi connectivity index (χ1v) is 12.5. The summed E-state index contributed by atoms with van der Waals surface area (Å²) in [5.41, 5.74) is 0.795. The van der Waals surface area contributed by atoms with Crippen molar-refractivity contribution < 1.29 is 27.8 Å². The number of ether oxygens (including phenoxy) is 3. The van der Waals surface area contributed by atoms with Crippen LogP contribution in [0.25, 0.3) is 0 Å². The average Bonchev–Trinajstić information content (AvgIpc) is 3.01. The number of hydrogen-bond donors (Lipinski definition) is 1. The first-order chi connectivity index (χ1) is 17.3. The van der Waals surface area contributed by atoms with Crippen molar-refractivity contribution in [3.8, 4) is 17.2 Å². The van der Waals surface area contributed by atoms with Crippen LogP contribution in [0.3, 0.4) is 0 Å². The molecule has 5 rings (SSSR count). The van der Waals surface area contributed by atoms with Crippen molar-refractivity contribution in [3.05, 3.63) is 87.4 Å². The van der Waals surface area contributed by atoms with Crippen LogP contribution in [0.2, 0.25) is 10.0 Å². The molecule has 1 atom stereocenters. The van der Waals surface area contributed by atoms with E-state index >= 15 is 0 Å². The number of halogens is 4. The van der Waals surface area contributed by atoms with Gasteiger partial charge in [0.25, 0.3) is 0 Å². The standard InChI is InChI=1S/C27H23Cl2F2NO4/c28-17-9-12-20(21(29)13-17)27(16-7-10-18(30)11-8-16)35-24-14-22(31)23(15-25(24)36-27)34-26(33)32-19-5-3-1-2-4-6-19/h7-15,19H,1-6H2,(H,32,33). The zero-order valence-electron chi connectivity index (χ0n) is 19.2. The Bertz CT molecular complexity index is 1280. The maximum atomic E-state index is 15.0. The summed E-state index contributed by atoms with van der Waals surface area (Å²) < 4.78 is 46.3. The molecule has 1 unspecified atom stereocenters. The third kappa shape index (κ3) is 4.95. The molecule has 188 valence electrons. The fraction of sp³-hybridized carbons (Fsp3) is 0.296. The summed E-state index contributed by atoms with van der Waals surface area (Å²) in [4.78, 5) is 12.5. The number of carbonyl (C=O) groups is 1. The van der Waals surface area contributed by atoms with E-state index in [1.807, 2.05) is 0 Å². The lowest BCUT2D eigenvalue weighted by Gasteiger charge is -2.29. The van der Waals surface area contributed by atoms with Gasteiger partial charge >= 0.3 is 11.9 Å². The van der Waals surface area contributed by atoms with Crippen LogP contribution >= 0.6 is 23.2 Å². The predicted molar refractivity (Wildman–Crippen MR) is 132 cm³/mol. The zero-order valence-corrected chi connectivity index (χ0v) is 20.7. The summed E-state index contributed by atoms with van der Waals surface area (Å²) in [5.74, 6) is -3.01. The van der Waals surface area contributed by atoms with Crippen LogP contribution in [0.15, 0.2) is 54.6 Å². The summed E-state index contributed by atoms with van der Waals surface area (Å²) in [7, 11) is 0. The Kier molecular flexibility index (Phi) is 6.95. The number of carbonyl (C=O) groups excluding carboxylic acids is 1. The van der Waals surface area contributed by atoms with E-state index < -0.39 is 23.5 Å². The van der Waals surface area contributed by atoms with Crippen molar-refractivity contribution in [2.75, 3.05) is 0 Å². The normalized spacial score (nSPS) is 19.6. The van der Waals surface area contributed by atoms with Gasteiger partial charge in [-0.3, -0.25) is 0 Å². The maximum absolute atomic E-state index is 15.0.